The van der Waals surface area contributed by atoms with Crippen molar-refractivity contribution in [2.45, 2.75) is 39.5 Å². The maximum atomic E-state index is 9.68. The van der Waals surface area contributed by atoms with Crippen LogP contribution in [0.5, 0.6) is 0 Å². The van der Waals surface area contributed by atoms with E-state index in [0.717, 1.165) is 11.4 Å². The van der Waals surface area contributed by atoms with Crippen molar-refractivity contribution in [3.8, 4) is 0 Å². The molecule has 1 unspecified atom stereocenters. The topological polar surface area (TPSA) is 60.2 Å². The second kappa shape index (κ2) is 7.08. The van der Waals surface area contributed by atoms with Crippen LogP contribution in [0, 0.1) is 0 Å². The summed E-state index contributed by atoms with van der Waals surface area (Å²) in [6, 6.07) is 0.0808. The van der Waals surface area contributed by atoms with Crippen LogP contribution in [-0.2, 0) is 0 Å². The third-order valence-corrected chi connectivity index (χ3v) is 2.64. The number of hydrogen-bond donors (Lipinski definition) is 2. The highest BCUT2D eigenvalue weighted by atomic mass is 16.3. The average molecular weight is 250 g/mol. The zero-order chi connectivity index (χ0) is 13.5. The van der Waals surface area contributed by atoms with Crippen molar-refractivity contribution >= 4 is 11.9 Å². The lowest BCUT2D eigenvalue weighted by atomic mass is 10.3. The van der Waals surface area contributed by atoms with Gasteiger partial charge in [0.2, 0.25) is 0 Å². The van der Waals surface area contributed by atoms with Crippen LogP contribution in [0.15, 0.2) is 34.5 Å². The van der Waals surface area contributed by atoms with Gasteiger partial charge < -0.3 is 5.11 Å². The molecular formula is C13H22N4O. The molecule has 1 heterocycles. The fourth-order valence-electron chi connectivity index (χ4n) is 1.53. The highest BCUT2D eigenvalue weighted by molar-refractivity contribution is 5.93. The van der Waals surface area contributed by atoms with Gasteiger partial charge in [-0.15, -0.1) is 6.58 Å². The van der Waals surface area contributed by atoms with Gasteiger partial charge in [-0.05, 0) is 26.8 Å². The summed E-state index contributed by atoms with van der Waals surface area (Å²) in [5.41, 5.74) is 2.07. The zero-order valence-corrected chi connectivity index (χ0v) is 11.3. The Bertz CT molecular complexity index is 373. The van der Waals surface area contributed by atoms with Gasteiger partial charge in [0.1, 0.15) is 12.9 Å². The van der Waals surface area contributed by atoms with E-state index in [0.29, 0.717) is 13.1 Å². The molecular weight excluding hydrogens is 228 g/mol. The minimum absolute atomic E-state index is 0.0808. The van der Waals surface area contributed by atoms with Gasteiger partial charge in [-0.1, -0.05) is 6.08 Å². The smallest absolute Gasteiger partial charge is 0.131 e. The first kappa shape index (κ1) is 14.6. The van der Waals surface area contributed by atoms with Crippen molar-refractivity contribution in [2.24, 2.45) is 10.1 Å². The molecule has 1 rings (SSSR count). The van der Waals surface area contributed by atoms with Crippen LogP contribution in [0.3, 0.4) is 0 Å². The fraction of sp³-hybridized carbons (Fsp3) is 0.538. The number of aliphatic hydroxyl groups excluding tert-OH is 1. The maximum absolute atomic E-state index is 9.68. The van der Waals surface area contributed by atoms with Crippen molar-refractivity contribution in [3.05, 3.63) is 24.4 Å². The average Bonchev–Trinajstić information content (AvgIpc) is 2.31. The molecule has 0 aliphatic carbocycles. The van der Waals surface area contributed by atoms with Gasteiger partial charge in [0.05, 0.1) is 0 Å². The molecule has 0 saturated heterocycles. The summed E-state index contributed by atoms with van der Waals surface area (Å²) < 4.78 is 0. The van der Waals surface area contributed by atoms with Crippen LogP contribution in [0.25, 0.3) is 0 Å². The van der Waals surface area contributed by atoms with E-state index >= 15 is 0 Å². The quantitative estimate of drug-likeness (QED) is 0.426. The van der Waals surface area contributed by atoms with Gasteiger partial charge in [0, 0.05) is 30.1 Å². The molecule has 0 spiro atoms. The molecule has 2 N–H and O–H groups in total. The van der Waals surface area contributed by atoms with Gasteiger partial charge >= 0.3 is 0 Å². The molecule has 0 bridgehead atoms. The third kappa shape index (κ3) is 4.81. The first-order chi connectivity index (χ1) is 8.52. The molecule has 0 amide bonds. The van der Waals surface area contributed by atoms with Crippen molar-refractivity contribution in [1.29, 1.82) is 0 Å². The number of hydrogen-bond acceptors (Lipinski definition) is 5. The molecule has 1 aliphatic heterocycles. The number of aliphatic hydroxyl groups is 1. The Morgan fingerprint density at radius 1 is 1.67 bits per heavy atom. The molecule has 0 aromatic carbocycles. The Morgan fingerprint density at radius 3 is 3.00 bits per heavy atom. The summed E-state index contributed by atoms with van der Waals surface area (Å²) in [5.74, 6) is 0. The Hall–Kier alpha value is -1.46. The molecule has 18 heavy (non-hydrogen) atoms. The summed E-state index contributed by atoms with van der Waals surface area (Å²) in [4.78, 5) is 4.28. The summed E-state index contributed by atoms with van der Waals surface area (Å²) in [5, 5.41) is 18.7. The van der Waals surface area contributed by atoms with E-state index in [2.05, 4.69) is 22.0 Å². The number of hydrazone groups is 1. The van der Waals surface area contributed by atoms with Crippen molar-refractivity contribution < 1.29 is 5.11 Å². The van der Waals surface area contributed by atoms with Crippen molar-refractivity contribution in [2.75, 3.05) is 6.67 Å². The van der Waals surface area contributed by atoms with Crippen LogP contribution in [0.4, 0.5) is 0 Å². The minimum Gasteiger partial charge on any atom is -0.378 e. The summed E-state index contributed by atoms with van der Waals surface area (Å²) in [7, 11) is 0. The molecule has 0 fully saturated rings. The molecule has 5 heteroatoms. The Morgan fingerprint density at radius 2 is 2.39 bits per heavy atom. The van der Waals surface area contributed by atoms with Gasteiger partial charge in [-0.3, -0.25) is 10.3 Å². The van der Waals surface area contributed by atoms with E-state index in [9.17, 15) is 5.11 Å². The summed E-state index contributed by atoms with van der Waals surface area (Å²) in [6.07, 6.45) is 5.26. The number of rotatable bonds is 6. The number of allylic oxidation sites excluding steroid dienone is 2. The van der Waals surface area contributed by atoms with Crippen LogP contribution in [0.1, 0.15) is 27.2 Å². The lowest BCUT2D eigenvalue weighted by molar-refractivity contribution is 0.139. The predicted molar refractivity (Wildman–Crippen MR) is 75.5 cm³/mol. The minimum atomic E-state index is -0.610. The molecule has 5 nitrogen and oxygen atoms in total. The first-order valence-corrected chi connectivity index (χ1v) is 6.09. The Balaban J connectivity index is 2.37. The third-order valence-electron chi connectivity index (χ3n) is 2.64. The van der Waals surface area contributed by atoms with E-state index in [1.807, 2.05) is 26.8 Å². The lowest BCUT2D eigenvalue weighted by Gasteiger charge is -2.21. The monoisotopic (exact) mass is 250 g/mol. The largest absolute Gasteiger partial charge is 0.378 e. The maximum Gasteiger partial charge on any atom is 0.131 e. The fourth-order valence-corrected chi connectivity index (χ4v) is 1.53. The second-order valence-electron chi connectivity index (χ2n) is 4.37. The molecule has 0 saturated carbocycles. The zero-order valence-electron chi connectivity index (χ0n) is 11.3. The lowest BCUT2D eigenvalue weighted by Crippen LogP contribution is -2.35. The Labute approximate surface area is 109 Å². The molecule has 1 aliphatic rings. The van der Waals surface area contributed by atoms with E-state index in [4.69, 9.17) is 0 Å². The highest BCUT2D eigenvalue weighted by Gasteiger charge is 2.08. The van der Waals surface area contributed by atoms with Gasteiger partial charge in [-0.25, -0.2) is 5.01 Å². The predicted octanol–water partition coefficient (Wildman–Crippen LogP) is 1.48. The van der Waals surface area contributed by atoms with Crippen molar-refractivity contribution in [3.63, 3.8) is 0 Å². The van der Waals surface area contributed by atoms with Crippen LogP contribution >= 0.6 is 0 Å². The van der Waals surface area contributed by atoms with E-state index in [1.54, 1.807) is 17.3 Å². The SMILES string of the molecule is C=C[C@H](C)NC(O)C/C=N\N1CN=C(C)C=C1C. The Kier molecular flexibility index (Phi) is 5.74. The molecule has 100 valence electrons. The van der Waals surface area contributed by atoms with Crippen molar-refractivity contribution in [1.82, 2.24) is 10.3 Å². The standard InChI is InChI=1S/C13H22N4O/c1-5-10(2)16-13(18)6-7-15-17-9-14-11(3)8-12(17)4/h5,7-8,10,13,16,18H,1,6,9H2,2-4H3/b15-7-/t10-,13?/m0/s1. The van der Waals surface area contributed by atoms with E-state index in [1.165, 1.54) is 0 Å². The molecule has 0 aromatic heterocycles. The summed E-state index contributed by atoms with van der Waals surface area (Å²) >= 11 is 0. The molecule has 0 radical (unpaired) electrons. The van der Waals surface area contributed by atoms with Crippen LogP contribution in [-0.4, -0.2) is 41.0 Å². The first-order valence-electron chi connectivity index (χ1n) is 6.09. The number of aliphatic imine (C=N–C) groups is 1. The van der Waals surface area contributed by atoms with Crippen LogP contribution in [0.2, 0.25) is 0 Å². The van der Waals surface area contributed by atoms with E-state index < -0.39 is 6.23 Å². The van der Waals surface area contributed by atoms with Crippen LogP contribution < -0.4 is 5.32 Å². The molecule has 2 atom stereocenters. The van der Waals surface area contributed by atoms with Gasteiger partial charge in [0.15, 0.2) is 0 Å². The normalized spacial score (nSPS) is 19.4. The van der Waals surface area contributed by atoms with Gasteiger partial charge in [0.25, 0.3) is 0 Å². The number of nitrogens with zero attached hydrogens (tertiary/aromatic N) is 3. The number of nitrogens with one attached hydrogen (secondary N) is 1. The molecule has 0 aromatic rings. The van der Waals surface area contributed by atoms with Gasteiger partial charge in [-0.2, -0.15) is 5.10 Å². The summed E-state index contributed by atoms with van der Waals surface area (Å²) in [6.45, 7) is 10.1. The van der Waals surface area contributed by atoms with E-state index in [-0.39, 0.29) is 6.04 Å². The second-order valence-corrected chi connectivity index (χ2v) is 4.37. The highest BCUT2D eigenvalue weighted by Crippen LogP contribution is 2.09.